The third kappa shape index (κ3) is 6.80. The van der Waals surface area contributed by atoms with Gasteiger partial charge in [-0.25, -0.2) is 8.42 Å². The number of para-hydroxylation sites is 1. The number of carbonyl (C=O) groups is 1. The Balaban J connectivity index is 1.96. The predicted molar refractivity (Wildman–Crippen MR) is 118 cm³/mol. The molecule has 29 heavy (non-hydrogen) atoms. The van der Waals surface area contributed by atoms with E-state index in [1.54, 1.807) is 0 Å². The number of amides is 1. The Kier molecular flexibility index (Phi) is 8.19. The van der Waals surface area contributed by atoms with Gasteiger partial charge in [0.15, 0.2) is 0 Å². The van der Waals surface area contributed by atoms with Crippen molar-refractivity contribution in [2.75, 3.05) is 30.3 Å². The van der Waals surface area contributed by atoms with Gasteiger partial charge >= 0.3 is 0 Å². The van der Waals surface area contributed by atoms with Gasteiger partial charge in [0.25, 0.3) is 0 Å². The summed E-state index contributed by atoms with van der Waals surface area (Å²) in [5.41, 5.74) is 1.27. The summed E-state index contributed by atoms with van der Waals surface area (Å²) in [5, 5.41) is 3.18. The van der Waals surface area contributed by atoms with Crippen molar-refractivity contribution in [3.05, 3.63) is 58.1 Å². The first kappa shape index (κ1) is 23.3. The second kappa shape index (κ2) is 10.2. The summed E-state index contributed by atoms with van der Waals surface area (Å²) in [6.45, 7) is 4.24. The van der Waals surface area contributed by atoms with E-state index in [-0.39, 0.29) is 23.9 Å². The van der Waals surface area contributed by atoms with Crippen molar-refractivity contribution >= 4 is 44.8 Å². The van der Waals surface area contributed by atoms with Crippen molar-refractivity contribution in [1.82, 2.24) is 5.32 Å². The minimum Gasteiger partial charge on any atom is -0.491 e. The van der Waals surface area contributed by atoms with Gasteiger partial charge in [-0.2, -0.15) is 0 Å². The summed E-state index contributed by atoms with van der Waals surface area (Å²) in [7, 11) is -3.72. The van der Waals surface area contributed by atoms with E-state index in [1.165, 1.54) is 18.2 Å². The lowest BCUT2D eigenvalue weighted by molar-refractivity contribution is -0.119. The van der Waals surface area contributed by atoms with Crippen LogP contribution in [0.25, 0.3) is 0 Å². The highest BCUT2D eigenvalue weighted by atomic mass is 35.5. The number of ether oxygens (including phenoxy) is 1. The average molecular weight is 459 g/mol. The van der Waals surface area contributed by atoms with E-state index in [2.05, 4.69) is 19.2 Å². The molecule has 0 fully saturated rings. The molecule has 9 heteroatoms. The lowest BCUT2D eigenvalue weighted by atomic mass is 10.0. The van der Waals surface area contributed by atoms with Crippen molar-refractivity contribution in [2.24, 2.45) is 0 Å². The minimum atomic E-state index is -3.72. The molecule has 2 aromatic carbocycles. The summed E-state index contributed by atoms with van der Waals surface area (Å²) in [4.78, 5) is 12.3. The molecule has 0 saturated heterocycles. The third-order valence-corrected chi connectivity index (χ3v) is 5.75. The van der Waals surface area contributed by atoms with Crippen LogP contribution < -0.4 is 14.4 Å². The van der Waals surface area contributed by atoms with E-state index in [0.29, 0.717) is 10.9 Å². The number of carbonyl (C=O) groups excluding carboxylic acids is 1. The van der Waals surface area contributed by atoms with Crippen molar-refractivity contribution < 1.29 is 17.9 Å². The first-order valence-corrected chi connectivity index (χ1v) is 11.6. The number of nitrogens with zero attached hydrogens (tertiary/aromatic N) is 1. The van der Waals surface area contributed by atoms with E-state index in [4.69, 9.17) is 27.9 Å². The Bertz CT molecular complexity index is 965. The largest absolute Gasteiger partial charge is 0.491 e. The molecule has 0 bridgehead atoms. The van der Waals surface area contributed by atoms with Gasteiger partial charge < -0.3 is 10.1 Å². The van der Waals surface area contributed by atoms with Gasteiger partial charge in [-0.1, -0.05) is 55.2 Å². The Morgan fingerprint density at radius 2 is 1.86 bits per heavy atom. The van der Waals surface area contributed by atoms with Gasteiger partial charge in [-0.3, -0.25) is 9.10 Å². The van der Waals surface area contributed by atoms with Crippen LogP contribution in [0, 0.1) is 0 Å². The second-order valence-corrected chi connectivity index (χ2v) is 9.51. The van der Waals surface area contributed by atoms with Crippen LogP contribution in [0.4, 0.5) is 5.69 Å². The normalized spacial score (nSPS) is 11.4. The Labute approximate surface area is 181 Å². The molecule has 0 unspecified atom stereocenters. The van der Waals surface area contributed by atoms with E-state index >= 15 is 0 Å². The fourth-order valence-corrected chi connectivity index (χ4v) is 4.12. The van der Waals surface area contributed by atoms with E-state index in [1.807, 2.05) is 24.3 Å². The minimum absolute atomic E-state index is 0.143. The zero-order valence-electron chi connectivity index (χ0n) is 16.5. The van der Waals surface area contributed by atoms with Gasteiger partial charge in [0.1, 0.15) is 18.9 Å². The maximum Gasteiger partial charge on any atom is 0.240 e. The molecule has 0 aliphatic rings. The summed E-state index contributed by atoms with van der Waals surface area (Å²) >= 11 is 12.0. The number of sulfonamides is 1. The monoisotopic (exact) mass is 458 g/mol. The van der Waals surface area contributed by atoms with Gasteiger partial charge in [0.2, 0.25) is 15.9 Å². The molecule has 0 aromatic heterocycles. The standard InChI is InChI=1S/C20H24Cl2N2O4S/c1-14(2)16-6-4-5-7-19(16)28-11-10-23-20(25)13-24(29(3,26)27)18-9-8-15(21)12-17(18)22/h4-9,12,14H,10-11,13H2,1-3H3,(H,23,25). The average Bonchev–Trinajstić information content (AvgIpc) is 2.63. The molecule has 0 atom stereocenters. The topological polar surface area (TPSA) is 75.7 Å². The molecule has 6 nitrogen and oxygen atoms in total. The van der Waals surface area contributed by atoms with Crippen LogP contribution >= 0.6 is 23.2 Å². The summed E-state index contributed by atoms with van der Waals surface area (Å²) in [5.74, 6) is 0.609. The fraction of sp³-hybridized carbons (Fsp3) is 0.350. The van der Waals surface area contributed by atoms with Crippen LogP contribution in [0.5, 0.6) is 5.75 Å². The smallest absolute Gasteiger partial charge is 0.240 e. The number of hydrogen-bond donors (Lipinski definition) is 1. The van der Waals surface area contributed by atoms with Crippen molar-refractivity contribution in [1.29, 1.82) is 0 Å². The highest BCUT2D eigenvalue weighted by Gasteiger charge is 2.23. The van der Waals surface area contributed by atoms with E-state index in [9.17, 15) is 13.2 Å². The van der Waals surface area contributed by atoms with E-state index < -0.39 is 22.5 Å². The number of halogens is 2. The maximum absolute atomic E-state index is 12.3. The van der Waals surface area contributed by atoms with Crippen molar-refractivity contribution in [2.45, 2.75) is 19.8 Å². The van der Waals surface area contributed by atoms with Crippen molar-refractivity contribution in [3.8, 4) is 5.75 Å². The summed E-state index contributed by atoms with van der Waals surface area (Å²) in [6.07, 6.45) is 1.01. The molecule has 1 N–H and O–H groups in total. The molecule has 158 valence electrons. The fourth-order valence-electron chi connectivity index (χ4n) is 2.69. The Hall–Kier alpha value is -1.96. The quantitative estimate of drug-likeness (QED) is 0.574. The summed E-state index contributed by atoms with van der Waals surface area (Å²) in [6, 6.07) is 12.1. The molecule has 0 aliphatic heterocycles. The number of benzene rings is 2. The second-order valence-electron chi connectivity index (χ2n) is 6.76. The molecular formula is C20H24Cl2N2O4S. The molecule has 0 aliphatic carbocycles. The maximum atomic E-state index is 12.3. The molecule has 1 amide bonds. The van der Waals surface area contributed by atoms with Gasteiger partial charge in [0, 0.05) is 5.02 Å². The first-order valence-electron chi connectivity index (χ1n) is 9.00. The molecule has 2 rings (SSSR count). The number of rotatable bonds is 9. The highest BCUT2D eigenvalue weighted by molar-refractivity contribution is 7.92. The predicted octanol–water partition coefficient (Wildman–Crippen LogP) is 4.08. The van der Waals surface area contributed by atoms with Crippen LogP contribution in [0.2, 0.25) is 10.0 Å². The van der Waals surface area contributed by atoms with Gasteiger partial charge in [-0.15, -0.1) is 0 Å². The zero-order chi connectivity index (χ0) is 21.6. The molecule has 0 heterocycles. The lowest BCUT2D eigenvalue weighted by Gasteiger charge is -2.23. The van der Waals surface area contributed by atoms with Crippen LogP contribution in [0.1, 0.15) is 25.3 Å². The van der Waals surface area contributed by atoms with E-state index in [0.717, 1.165) is 21.9 Å². The Morgan fingerprint density at radius 3 is 2.48 bits per heavy atom. The van der Waals surface area contributed by atoms with Crippen LogP contribution in [-0.4, -0.2) is 40.3 Å². The van der Waals surface area contributed by atoms with Crippen LogP contribution in [0.15, 0.2) is 42.5 Å². The first-order chi connectivity index (χ1) is 13.6. The summed E-state index contributed by atoms with van der Waals surface area (Å²) < 4.78 is 31.0. The lowest BCUT2D eigenvalue weighted by Crippen LogP contribution is -2.41. The van der Waals surface area contributed by atoms with Gasteiger partial charge in [-0.05, 0) is 35.7 Å². The van der Waals surface area contributed by atoms with Crippen LogP contribution in [-0.2, 0) is 14.8 Å². The molecule has 0 radical (unpaired) electrons. The van der Waals surface area contributed by atoms with Crippen LogP contribution in [0.3, 0.4) is 0 Å². The highest BCUT2D eigenvalue weighted by Crippen LogP contribution is 2.30. The molecule has 2 aromatic rings. The molecule has 0 saturated carbocycles. The Morgan fingerprint density at radius 1 is 1.17 bits per heavy atom. The molecule has 0 spiro atoms. The third-order valence-electron chi connectivity index (χ3n) is 4.09. The number of nitrogens with one attached hydrogen (secondary N) is 1. The number of hydrogen-bond acceptors (Lipinski definition) is 4. The number of anilines is 1. The zero-order valence-corrected chi connectivity index (χ0v) is 18.8. The SMILES string of the molecule is CC(C)c1ccccc1OCCNC(=O)CN(c1ccc(Cl)cc1Cl)S(C)(=O)=O. The molecular weight excluding hydrogens is 435 g/mol. The van der Waals surface area contributed by atoms with Gasteiger partial charge in [0.05, 0.1) is 23.5 Å². The van der Waals surface area contributed by atoms with Crippen molar-refractivity contribution in [3.63, 3.8) is 0 Å².